The van der Waals surface area contributed by atoms with Crippen LogP contribution in [0.25, 0.3) is 11.5 Å². The average Bonchev–Trinajstić information content (AvgIpc) is 3.18. The molecule has 1 aromatic heterocycles. The maximum Gasteiger partial charge on any atom is 0.344 e. The number of carbonyl (C=O) groups excluding carboxylic acids is 1. The van der Waals surface area contributed by atoms with Gasteiger partial charge in [-0.25, -0.2) is 4.79 Å². The van der Waals surface area contributed by atoms with Gasteiger partial charge in [-0.3, -0.25) is 0 Å². The molecule has 3 rings (SSSR count). The molecule has 7 nitrogen and oxygen atoms in total. The predicted molar refractivity (Wildman–Crippen MR) is 102 cm³/mol. The fraction of sp³-hybridized carbons (Fsp3) is 0.286. The zero-order chi connectivity index (χ0) is 20.1. The monoisotopic (exact) mass is 382 g/mol. The second-order valence-corrected chi connectivity index (χ2v) is 6.36. The summed E-state index contributed by atoms with van der Waals surface area (Å²) < 4.78 is 21.6. The Labute approximate surface area is 163 Å². The molecular weight excluding hydrogens is 360 g/mol. The van der Waals surface area contributed by atoms with Gasteiger partial charge in [-0.05, 0) is 56.7 Å². The Balaban J connectivity index is 1.57. The molecule has 0 aliphatic heterocycles. The Morgan fingerprint density at radius 3 is 2.54 bits per heavy atom. The van der Waals surface area contributed by atoms with Crippen LogP contribution in [0.4, 0.5) is 0 Å². The normalized spacial score (nSPS) is 11.7. The van der Waals surface area contributed by atoms with Crippen LogP contribution in [0.15, 0.2) is 46.9 Å². The molecule has 0 fully saturated rings. The summed E-state index contributed by atoms with van der Waals surface area (Å²) >= 11 is 0. The maximum atomic E-state index is 12.1. The Morgan fingerprint density at radius 2 is 1.86 bits per heavy atom. The van der Waals surface area contributed by atoms with Crippen molar-refractivity contribution < 1.29 is 23.4 Å². The maximum absolute atomic E-state index is 12.1. The van der Waals surface area contributed by atoms with Gasteiger partial charge in [0.05, 0.1) is 7.11 Å². The molecule has 146 valence electrons. The average molecular weight is 382 g/mol. The van der Waals surface area contributed by atoms with Crippen LogP contribution in [0, 0.1) is 13.8 Å². The third-order valence-corrected chi connectivity index (χ3v) is 4.11. The molecule has 1 atom stereocenters. The number of aromatic nitrogens is 2. The van der Waals surface area contributed by atoms with Crippen LogP contribution in [0.3, 0.4) is 0 Å². The summed E-state index contributed by atoms with van der Waals surface area (Å²) in [6, 6.07) is 13.0. The van der Waals surface area contributed by atoms with Crippen molar-refractivity contribution in [1.29, 1.82) is 0 Å². The quantitative estimate of drug-likeness (QED) is 0.570. The van der Waals surface area contributed by atoms with Gasteiger partial charge in [-0.1, -0.05) is 17.7 Å². The first-order valence-electron chi connectivity index (χ1n) is 8.83. The van der Waals surface area contributed by atoms with Gasteiger partial charge in [0.25, 0.3) is 5.89 Å². The number of methoxy groups -OCH3 is 1. The van der Waals surface area contributed by atoms with E-state index < -0.39 is 12.1 Å². The molecule has 0 N–H and O–H groups in total. The number of rotatable bonds is 7. The Hall–Kier alpha value is -3.35. The van der Waals surface area contributed by atoms with E-state index in [1.165, 1.54) is 0 Å². The first-order chi connectivity index (χ1) is 13.5. The highest BCUT2D eigenvalue weighted by molar-refractivity contribution is 5.71. The van der Waals surface area contributed by atoms with Gasteiger partial charge in [0.15, 0.2) is 12.7 Å². The van der Waals surface area contributed by atoms with E-state index in [1.807, 2.05) is 44.2 Å². The second kappa shape index (κ2) is 8.56. The number of esters is 1. The molecule has 1 heterocycles. The predicted octanol–water partition coefficient (Wildman–Crippen LogP) is 4.05. The van der Waals surface area contributed by atoms with E-state index >= 15 is 0 Å². The van der Waals surface area contributed by atoms with Gasteiger partial charge in [0, 0.05) is 5.56 Å². The summed E-state index contributed by atoms with van der Waals surface area (Å²) in [5.74, 6) is 1.42. The molecule has 0 saturated heterocycles. The number of hydrogen-bond donors (Lipinski definition) is 0. The molecule has 2 aromatic carbocycles. The molecular formula is C21H22N2O5. The van der Waals surface area contributed by atoms with E-state index in [-0.39, 0.29) is 12.5 Å². The molecule has 0 saturated carbocycles. The molecule has 0 bridgehead atoms. The fourth-order valence-corrected chi connectivity index (χ4v) is 2.63. The highest BCUT2D eigenvalue weighted by Gasteiger charge is 2.19. The number of nitrogens with zero attached hydrogens (tertiary/aromatic N) is 2. The lowest BCUT2D eigenvalue weighted by molar-refractivity contribution is -0.152. The van der Waals surface area contributed by atoms with Crippen LogP contribution in [0.1, 0.15) is 30.0 Å². The van der Waals surface area contributed by atoms with Crippen LogP contribution in [0.5, 0.6) is 11.5 Å². The summed E-state index contributed by atoms with van der Waals surface area (Å²) in [7, 11) is 1.60. The molecule has 0 unspecified atom stereocenters. The largest absolute Gasteiger partial charge is 0.497 e. The minimum absolute atomic E-state index is 0.201. The van der Waals surface area contributed by atoms with Gasteiger partial charge >= 0.3 is 5.97 Å². The molecule has 3 aromatic rings. The molecule has 0 spiro atoms. The number of benzene rings is 2. The van der Waals surface area contributed by atoms with Gasteiger partial charge in [0.1, 0.15) is 11.5 Å². The van der Waals surface area contributed by atoms with E-state index in [4.69, 9.17) is 18.6 Å². The summed E-state index contributed by atoms with van der Waals surface area (Å²) in [5, 5.41) is 7.97. The van der Waals surface area contributed by atoms with E-state index in [9.17, 15) is 4.79 Å². The Kier molecular flexibility index (Phi) is 5.93. The van der Waals surface area contributed by atoms with Gasteiger partial charge in [-0.15, -0.1) is 10.2 Å². The van der Waals surface area contributed by atoms with Crippen molar-refractivity contribution in [2.45, 2.75) is 26.9 Å². The zero-order valence-electron chi connectivity index (χ0n) is 16.3. The minimum Gasteiger partial charge on any atom is -0.497 e. The van der Waals surface area contributed by atoms with Crippen molar-refractivity contribution in [1.82, 2.24) is 10.2 Å². The lowest BCUT2D eigenvalue weighted by Crippen LogP contribution is -2.17. The topological polar surface area (TPSA) is 83.7 Å². The van der Waals surface area contributed by atoms with Crippen LogP contribution in [-0.2, 0) is 9.53 Å². The number of aryl methyl sites for hydroxylation is 2. The van der Waals surface area contributed by atoms with Gasteiger partial charge < -0.3 is 18.6 Å². The third kappa shape index (κ3) is 4.68. The lowest BCUT2D eigenvalue weighted by atomic mass is 10.1. The van der Waals surface area contributed by atoms with E-state index in [0.29, 0.717) is 11.6 Å². The number of ether oxygens (including phenoxy) is 3. The lowest BCUT2D eigenvalue weighted by Gasteiger charge is -2.12. The SMILES string of the molecule is COc1ccc(-c2nnc([C@@H](C)OC(=O)COc3ccc(C)cc3C)o2)cc1. The summed E-state index contributed by atoms with van der Waals surface area (Å²) in [5.41, 5.74) is 2.84. The molecule has 0 aliphatic rings. The zero-order valence-corrected chi connectivity index (χ0v) is 16.3. The van der Waals surface area contributed by atoms with Crippen LogP contribution < -0.4 is 9.47 Å². The summed E-state index contributed by atoms with van der Waals surface area (Å²) in [6.45, 7) is 5.39. The van der Waals surface area contributed by atoms with Gasteiger partial charge in [-0.2, -0.15) is 0 Å². The van der Waals surface area contributed by atoms with Crippen LogP contribution in [-0.4, -0.2) is 29.9 Å². The molecule has 7 heteroatoms. The van der Waals surface area contributed by atoms with E-state index in [2.05, 4.69) is 10.2 Å². The third-order valence-electron chi connectivity index (χ3n) is 4.11. The highest BCUT2D eigenvalue weighted by atomic mass is 16.6. The first kappa shape index (κ1) is 19.4. The second-order valence-electron chi connectivity index (χ2n) is 6.36. The van der Waals surface area contributed by atoms with Crippen molar-refractivity contribution in [2.24, 2.45) is 0 Å². The standard InChI is InChI=1S/C21H22N2O5/c1-13-5-10-18(14(2)11-13)26-12-19(24)27-15(3)20-22-23-21(28-20)16-6-8-17(25-4)9-7-16/h5-11,15H,12H2,1-4H3/t15-/m1/s1. The molecule has 0 amide bonds. The van der Waals surface area contributed by atoms with E-state index in [1.54, 1.807) is 26.2 Å². The minimum atomic E-state index is -0.685. The first-order valence-corrected chi connectivity index (χ1v) is 8.83. The van der Waals surface area contributed by atoms with Crippen molar-refractivity contribution >= 4 is 5.97 Å². The highest BCUT2D eigenvalue weighted by Crippen LogP contribution is 2.24. The summed E-state index contributed by atoms with van der Waals surface area (Å²) in [6.07, 6.45) is -0.685. The Bertz CT molecular complexity index is 950. The Morgan fingerprint density at radius 1 is 1.11 bits per heavy atom. The smallest absolute Gasteiger partial charge is 0.344 e. The van der Waals surface area contributed by atoms with Gasteiger partial charge in [0.2, 0.25) is 5.89 Å². The van der Waals surface area contributed by atoms with Crippen LogP contribution in [0.2, 0.25) is 0 Å². The van der Waals surface area contributed by atoms with Crippen molar-refractivity contribution in [2.75, 3.05) is 13.7 Å². The van der Waals surface area contributed by atoms with Crippen molar-refractivity contribution in [3.8, 4) is 23.0 Å². The van der Waals surface area contributed by atoms with Crippen molar-refractivity contribution in [3.63, 3.8) is 0 Å². The van der Waals surface area contributed by atoms with Crippen molar-refractivity contribution in [3.05, 3.63) is 59.5 Å². The number of carbonyl (C=O) groups is 1. The summed E-state index contributed by atoms with van der Waals surface area (Å²) in [4.78, 5) is 12.1. The molecule has 0 aliphatic carbocycles. The van der Waals surface area contributed by atoms with Crippen LogP contribution >= 0.6 is 0 Å². The molecule has 28 heavy (non-hydrogen) atoms. The molecule has 0 radical (unpaired) electrons. The number of hydrogen-bond acceptors (Lipinski definition) is 7. The van der Waals surface area contributed by atoms with E-state index in [0.717, 1.165) is 22.4 Å². The fourth-order valence-electron chi connectivity index (χ4n) is 2.63.